The normalized spacial score (nSPS) is 23.5. The monoisotopic (exact) mass is 550 g/mol. The Bertz CT molecular complexity index is 1400. The molecule has 3 aliphatic rings. The quantitative estimate of drug-likeness (QED) is 0.446. The highest BCUT2D eigenvalue weighted by Gasteiger charge is 2.59. The molecular weight excluding hydrogens is 516 g/mol. The summed E-state index contributed by atoms with van der Waals surface area (Å²) in [6, 6.07) is 5.71. The summed E-state index contributed by atoms with van der Waals surface area (Å²) in [4.78, 5) is 35.9. The number of likely N-dealkylation sites (tertiary alicyclic amines) is 1. The third kappa shape index (κ3) is 4.77. The summed E-state index contributed by atoms with van der Waals surface area (Å²) in [5.74, 6) is 1.01. The fourth-order valence-corrected chi connectivity index (χ4v) is 6.78. The maximum atomic E-state index is 13.3. The maximum Gasteiger partial charge on any atom is 0.405 e. The van der Waals surface area contributed by atoms with Gasteiger partial charge in [0, 0.05) is 48.8 Å². The Morgan fingerprint density at radius 2 is 1.87 bits per heavy atom. The van der Waals surface area contributed by atoms with Crippen LogP contribution in [0.5, 0.6) is 5.88 Å². The molecule has 11 heteroatoms. The van der Waals surface area contributed by atoms with Crippen LogP contribution in [0, 0.1) is 11.8 Å². The number of hydrogen-bond acceptors (Lipinski definition) is 7. The molecule has 2 saturated carbocycles. The number of aryl methyl sites for hydroxylation is 1. The number of pyridine rings is 1. The van der Waals surface area contributed by atoms with Gasteiger partial charge in [-0.1, -0.05) is 19.8 Å². The van der Waals surface area contributed by atoms with Gasteiger partial charge in [0.05, 0.1) is 16.7 Å². The second-order valence-electron chi connectivity index (χ2n) is 11.9. The highest BCUT2D eigenvalue weighted by Crippen LogP contribution is 2.49. The van der Waals surface area contributed by atoms with E-state index in [0.717, 1.165) is 42.6 Å². The number of piperidine rings is 1. The van der Waals surface area contributed by atoms with Crippen molar-refractivity contribution in [2.45, 2.75) is 63.5 Å². The van der Waals surface area contributed by atoms with Crippen LogP contribution >= 0.6 is 11.3 Å². The first-order valence-electron chi connectivity index (χ1n) is 13.5. The van der Waals surface area contributed by atoms with E-state index in [9.17, 15) is 14.7 Å². The summed E-state index contributed by atoms with van der Waals surface area (Å²) in [6.45, 7) is 7.20. The SMILES string of the molecule is Cn1nc(-c2cscn2)cc1C(=O)N1C[C@@H]2[C@H](C1)[C@@H]2Oc1cc(C(C)(C)NC(=O)O)cc(C2(C)CCCC2)n1. The van der Waals surface area contributed by atoms with Crippen LogP contribution in [0.25, 0.3) is 11.4 Å². The van der Waals surface area contributed by atoms with E-state index < -0.39 is 11.6 Å². The predicted molar refractivity (Wildman–Crippen MR) is 146 cm³/mol. The van der Waals surface area contributed by atoms with Crippen molar-refractivity contribution in [1.29, 1.82) is 0 Å². The van der Waals surface area contributed by atoms with Crippen molar-refractivity contribution < 1.29 is 19.4 Å². The van der Waals surface area contributed by atoms with Crippen LogP contribution in [-0.2, 0) is 18.0 Å². The minimum atomic E-state index is -1.07. The van der Waals surface area contributed by atoms with Gasteiger partial charge in [-0.3, -0.25) is 9.48 Å². The number of rotatable bonds is 7. The van der Waals surface area contributed by atoms with Crippen LogP contribution in [0.2, 0.25) is 0 Å². The highest BCUT2D eigenvalue weighted by molar-refractivity contribution is 7.07. The molecule has 0 radical (unpaired) electrons. The molecule has 6 rings (SSSR count). The maximum absolute atomic E-state index is 13.3. The number of aromatic nitrogens is 4. The van der Waals surface area contributed by atoms with Gasteiger partial charge in [0.15, 0.2) is 0 Å². The molecule has 3 aromatic heterocycles. The molecule has 206 valence electrons. The molecule has 1 aliphatic heterocycles. The smallest absolute Gasteiger partial charge is 0.405 e. The summed E-state index contributed by atoms with van der Waals surface area (Å²) in [5, 5.41) is 18.4. The number of amides is 2. The second kappa shape index (κ2) is 9.32. The Balaban J connectivity index is 1.17. The van der Waals surface area contributed by atoms with Crippen molar-refractivity contribution in [2.75, 3.05) is 13.1 Å². The van der Waals surface area contributed by atoms with E-state index in [1.807, 2.05) is 42.3 Å². The topological polar surface area (TPSA) is 122 Å². The first kappa shape index (κ1) is 25.8. The summed E-state index contributed by atoms with van der Waals surface area (Å²) in [7, 11) is 1.79. The summed E-state index contributed by atoms with van der Waals surface area (Å²) in [6.07, 6.45) is 3.36. The number of carboxylic acid groups (broad SMARTS) is 1. The number of fused-ring (bicyclic) bond motifs is 1. The molecule has 2 aliphatic carbocycles. The molecule has 0 spiro atoms. The van der Waals surface area contributed by atoms with Gasteiger partial charge in [-0.25, -0.2) is 14.8 Å². The van der Waals surface area contributed by atoms with Crippen LogP contribution in [0.4, 0.5) is 4.79 Å². The highest BCUT2D eigenvalue weighted by atomic mass is 32.1. The number of ether oxygens (including phenoxy) is 1. The zero-order chi connectivity index (χ0) is 27.5. The van der Waals surface area contributed by atoms with Gasteiger partial charge >= 0.3 is 6.09 Å². The fraction of sp³-hybridized carbons (Fsp3) is 0.536. The standard InChI is InChI=1S/C28H34N6O4S/c1-27(2,31-26(36)37)16-9-22(28(3)7-5-6-8-28)30-23(10-16)38-24-17-12-34(13-18(17)24)25(35)21-11-19(32-33(21)4)20-14-39-15-29-20/h9-11,14-15,17-18,24,31H,5-8,12-13H2,1-4H3,(H,36,37)/t17-,18+,24-. The van der Waals surface area contributed by atoms with E-state index in [2.05, 4.69) is 22.3 Å². The molecule has 3 atom stereocenters. The van der Waals surface area contributed by atoms with Gasteiger partial charge in [-0.05, 0) is 44.4 Å². The number of carbonyl (C=O) groups is 2. The van der Waals surface area contributed by atoms with Crippen LogP contribution in [-0.4, -0.2) is 60.9 Å². The molecule has 1 saturated heterocycles. The summed E-state index contributed by atoms with van der Waals surface area (Å²) in [5.41, 5.74) is 4.74. The zero-order valence-electron chi connectivity index (χ0n) is 22.7. The van der Waals surface area contributed by atoms with E-state index in [1.54, 1.807) is 17.2 Å². The summed E-state index contributed by atoms with van der Waals surface area (Å²) < 4.78 is 8.07. The van der Waals surface area contributed by atoms with Crippen molar-refractivity contribution in [2.24, 2.45) is 18.9 Å². The number of carbonyl (C=O) groups excluding carboxylic acids is 1. The molecule has 3 aromatic rings. The largest absolute Gasteiger partial charge is 0.474 e. The molecule has 39 heavy (non-hydrogen) atoms. The lowest BCUT2D eigenvalue weighted by Crippen LogP contribution is -2.40. The van der Waals surface area contributed by atoms with Crippen molar-refractivity contribution in [3.8, 4) is 17.3 Å². The molecule has 2 amide bonds. The lowest BCUT2D eigenvalue weighted by Gasteiger charge is -2.29. The van der Waals surface area contributed by atoms with Crippen LogP contribution in [0.1, 0.15) is 68.2 Å². The number of hydrogen-bond donors (Lipinski definition) is 2. The number of nitrogens with zero attached hydrogens (tertiary/aromatic N) is 5. The lowest BCUT2D eigenvalue weighted by atomic mass is 9.82. The molecule has 0 unspecified atom stereocenters. The number of thiazole rings is 1. The molecular formula is C28H34N6O4S. The van der Waals surface area contributed by atoms with Gasteiger partial charge in [0.25, 0.3) is 5.91 Å². The molecule has 0 bridgehead atoms. The van der Waals surface area contributed by atoms with Crippen molar-refractivity contribution in [3.63, 3.8) is 0 Å². The van der Waals surface area contributed by atoms with E-state index in [1.165, 1.54) is 11.3 Å². The van der Waals surface area contributed by atoms with Gasteiger partial charge in [0.1, 0.15) is 23.2 Å². The average Bonchev–Trinajstić information content (AvgIpc) is 3.51. The Kier molecular flexibility index (Phi) is 6.16. The Morgan fingerprint density at radius 3 is 2.51 bits per heavy atom. The van der Waals surface area contributed by atoms with Crippen molar-refractivity contribution >= 4 is 23.3 Å². The van der Waals surface area contributed by atoms with E-state index >= 15 is 0 Å². The molecule has 0 aromatic carbocycles. The first-order valence-corrected chi connectivity index (χ1v) is 14.4. The van der Waals surface area contributed by atoms with E-state index in [0.29, 0.717) is 30.4 Å². The van der Waals surface area contributed by atoms with Gasteiger partial charge < -0.3 is 20.1 Å². The third-order valence-electron chi connectivity index (χ3n) is 8.72. The summed E-state index contributed by atoms with van der Waals surface area (Å²) >= 11 is 1.50. The molecule has 10 nitrogen and oxygen atoms in total. The van der Waals surface area contributed by atoms with Crippen molar-refractivity contribution in [1.82, 2.24) is 30.0 Å². The molecule has 4 heterocycles. The molecule has 3 fully saturated rings. The van der Waals surface area contributed by atoms with Gasteiger partial charge in [-0.15, -0.1) is 11.3 Å². The van der Waals surface area contributed by atoms with Gasteiger partial charge in [-0.2, -0.15) is 5.10 Å². The van der Waals surface area contributed by atoms with Crippen molar-refractivity contribution in [3.05, 3.63) is 46.0 Å². The minimum absolute atomic E-state index is 0.00585. The Labute approximate surface area is 231 Å². The third-order valence-corrected chi connectivity index (χ3v) is 9.31. The average molecular weight is 551 g/mol. The second-order valence-corrected chi connectivity index (χ2v) is 12.7. The first-order chi connectivity index (χ1) is 18.5. The van der Waals surface area contributed by atoms with Crippen LogP contribution in [0.3, 0.4) is 0 Å². The number of nitrogens with one attached hydrogen (secondary N) is 1. The fourth-order valence-electron chi connectivity index (χ4n) is 6.23. The lowest BCUT2D eigenvalue weighted by molar-refractivity contribution is 0.0740. The van der Waals surface area contributed by atoms with Crippen LogP contribution in [0.15, 0.2) is 29.1 Å². The predicted octanol–water partition coefficient (Wildman–Crippen LogP) is 4.42. The van der Waals surface area contributed by atoms with Crippen LogP contribution < -0.4 is 10.1 Å². The zero-order valence-corrected chi connectivity index (χ0v) is 23.5. The molecule has 2 N–H and O–H groups in total. The Hall–Kier alpha value is -3.47. The van der Waals surface area contributed by atoms with E-state index in [4.69, 9.17) is 9.72 Å². The Morgan fingerprint density at radius 1 is 1.15 bits per heavy atom. The van der Waals surface area contributed by atoms with E-state index in [-0.39, 0.29) is 29.3 Å². The van der Waals surface area contributed by atoms with Gasteiger partial charge in [0.2, 0.25) is 5.88 Å². The minimum Gasteiger partial charge on any atom is -0.474 e.